The second-order valence-corrected chi connectivity index (χ2v) is 4.40. The number of hydrogen-bond acceptors (Lipinski definition) is 4. The van der Waals surface area contributed by atoms with Gasteiger partial charge >= 0.3 is 0 Å². The molecular weight excluding hydrogens is 224 g/mol. The van der Waals surface area contributed by atoms with Crippen molar-refractivity contribution in [2.24, 2.45) is 0 Å². The molecular formula is C14H16N4. The molecule has 92 valence electrons. The van der Waals surface area contributed by atoms with Crippen molar-refractivity contribution >= 4 is 0 Å². The van der Waals surface area contributed by atoms with Crippen LogP contribution in [0.15, 0.2) is 24.3 Å². The Balaban J connectivity index is 2.17. The number of piperazine rings is 1. The number of nitrogens with one attached hydrogen (secondary N) is 1. The van der Waals surface area contributed by atoms with E-state index in [0.717, 1.165) is 31.7 Å². The molecule has 0 amide bonds. The summed E-state index contributed by atoms with van der Waals surface area (Å²) in [5.74, 6) is 0. The molecule has 0 saturated carbocycles. The van der Waals surface area contributed by atoms with Gasteiger partial charge in [-0.2, -0.15) is 10.5 Å². The molecule has 0 aliphatic carbocycles. The molecule has 1 N–H and O–H groups in total. The maximum Gasteiger partial charge on any atom is 0.0991 e. The monoisotopic (exact) mass is 240 g/mol. The highest BCUT2D eigenvalue weighted by Gasteiger charge is 2.21. The second kappa shape index (κ2) is 6.16. The Hall–Kier alpha value is -1.88. The van der Waals surface area contributed by atoms with Gasteiger partial charge in [0.25, 0.3) is 0 Å². The first-order chi connectivity index (χ1) is 8.85. The fraction of sp³-hybridized carbons (Fsp3) is 0.429. The molecule has 1 saturated heterocycles. The molecule has 4 heteroatoms. The van der Waals surface area contributed by atoms with E-state index in [-0.39, 0.29) is 6.04 Å². The van der Waals surface area contributed by atoms with E-state index in [0.29, 0.717) is 12.0 Å². The lowest BCUT2D eigenvalue weighted by Gasteiger charge is -2.34. The number of hydrogen-bond donors (Lipinski definition) is 1. The van der Waals surface area contributed by atoms with Crippen LogP contribution in [-0.4, -0.2) is 31.1 Å². The van der Waals surface area contributed by atoms with E-state index in [2.05, 4.69) is 22.4 Å². The summed E-state index contributed by atoms with van der Waals surface area (Å²) < 4.78 is 0. The van der Waals surface area contributed by atoms with Crippen LogP contribution in [0.25, 0.3) is 0 Å². The van der Waals surface area contributed by atoms with Crippen molar-refractivity contribution in [3.63, 3.8) is 0 Å². The number of benzene rings is 1. The Labute approximate surface area is 107 Å². The number of rotatable bonds is 3. The molecule has 1 aromatic rings. The van der Waals surface area contributed by atoms with Crippen molar-refractivity contribution in [1.82, 2.24) is 10.2 Å². The van der Waals surface area contributed by atoms with Gasteiger partial charge in [0.05, 0.1) is 24.1 Å². The molecule has 1 aliphatic heterocycles. The van der Waals surface area contributed by atoms with Crippen molar-refractivity contribution in [2.75, 3.05) is 26.2 Å². The largest absolute Gasteiger partial charge is 0.314 e. The van der Waals surface area contributed by atoms with E-state index in [1.807, 2.05) is 24.3 Å². The van der Waals surface area contributed by atoms with Gasteiger partial charge in [0.1, 0.15) is 0 Å². The van der Waals surface area contributed by atoms with Crippen LogP contribution in [0.1, 0.15) is 23.6 Å². The lowest BCUT2D eigenvalue weighted by molar-refractivity contribution is 0.175. The zero-order valence-electron chi connectivity index (χ0n) is 10.3. The van der Waals surface area contributed by atoms with Crippen LogP contribution >= 0.6 is 0 Å². The summed E-state index contributed by atoms with van der Waals surface area (Å²) in [7, 11) is 0. The summed E-state index contributed by atoms with van der Waals surface area (Å²) in [5, 5.41) is 21.1. The summed E-state index contributed by atoms with van der Waals surface area (Å²) in [6, 6.07) is 12.1. The highest BCUT2D eigenvalue weighted by molar-refractivity contribution is 5.33. The third-order valence-electron chi connectivity index (χ3n) is 3.30. The molecule has 0 bridgehead atoms. The molecule has 0 spiro atoms. The zero-order chi connectivity index (χ0) is 12.8. The molecule has 1 atom stereocenters. The van der Waals surface area contributed by atoms with Crippen LogP contribution in [0, 0.1) is 22.7 Å². The molecule has 2 rings (SSSR count). The summed E-state index contributed by atoms with van der Waals surface area (Å²) >= 11 is 0. The van der Waals surface area contributed by atoms with Crippen LogP contribution in [0.5, 0.6) is 0 Å². The van der Waals surface area contributed by atoms with Gasteiger partial charge in [0.15, 0.2) is 0 Å². The standard InChI is InChI=1S/C14H16N4/c15-6-5-14(18-9-7-17-8-10-18)13-3-1-12(11-16)2-4-13/h1-4,14,17H,5,7-10H2/t14-/m0/s1. The number of nitriles is 2. The van der Waals surface area contributed by atoms with Crippen LogP contribution in [0.4, 0.5) is 0 Å². The quantitative estimate of drug-likeness (QED) is 0.868. The maximum atomic E-state index is 8.98. The molecule has 4 nitrogen and oxygen atoms in total. The first-order valence-electron chi connectivity index (χ1n) is 6.17. The molecule has 1 aliphatic rings. The van der Waals surface area contributed by atoms with Gasteiger partial charge in [-0.3, -0.25) is 4.90 Å². The van der Waals surface area contributed by atoms with E-state index in [1.54, 1.807) is 0 Å². The SMILES string of the molecule is N#CC[C@@H](c1ccc(C#N)cc1)N1CCNCC1. The van der Waals surface area contributed by atoms with Crippen LogP contribution in [-0.2, 0) is 0 Å². The molecule has 18 heavy (non-hydrogen) atoms. The minimum Gasteiger partial charge on any atom is -0.314 e. The minimum atomic E-state index is 0.143. The van der Waals surface area contributed by atoms with Gasteiger partial charge in [0, 0.05) is 32.2 Å². The fourth-order valence-corrected chi connectivity index (χ4v) is 2.32. The Morgan fingerprint density at radius 2 is 1.83 bits per heavy atom. The van der Waals surface area contributed by atoms with Gasteiger partial charge in [-0.15, -0.1) is 0 Å². The van der Waals surface area contributed by atoms with Gasteiger partial charge in [0.2, 0.25) is 0 Å². The fourth-order valence-electron chi connectivity index (χ4n) is 2.32. The van der Waals surface area contributed by atoms with Crippen molar-refractivity contribution in [3.8, 4) is 12.1 Å². The van der Waals surface area contributed by atoms with E-state index >= 15 is 0 Å². The van der Waals surface area contributed by atoms with Gasteiger partial charge in [-0.05, 0) is 17.7 Å². The second-order valence-electron chi connectivity index (χ2n) is 4.40. The van der Waals surface area contributed by atoms with Gasteiger partial charge in [-0.25, -0.2) is 0 Å². The summed E-state index contributed by atoms with van der Waals surface area (Å²) in [5.41, 5.74) is 1.78. The average molecular weight is 240 g/mol. The first kappa shape index (κ1) is 12.6. The van der Waals surface area contributed by atoms with Crippen molar-refractivity contribution < 1.29 is 0 Å². The molecule has 1 aromatic carbocycles. The third kappa shape index (κ3) is 2.87. The van der Waals surface area contributed by atoms with E-state index in [4.69, 9.17) is 10.5 Å². The summed E-state index contributed by atoms with van der Waals surface area (Å²) in [6.07, 6.45) is 0.492. The van der Waals surface area contributed by atoms with Crippen LogP contribution < -0.4 is 5.32 Å². The van der Waals surface area contributed by atoms with Crippen molar-refractivity contribution in [1.29, 1.82) is 10.5 Å². The Morgan fingerprint density at radius 1 is 1.17 bits per heavy atom. The molecule has 0 radical (unpaired) electrons. The van der Waals surface area contributed by atoms with E-state index in [9.17, 15) is 0 Å². The first-order valence-corrected chi connectivity index (χ1v) is 6.17. The van der Waals surface area contributed by atoms with Crippen molar-refractivity contribution in [2.45, 2.75) is 12.5 Å². The van der Waals surface area contributed by atoms with Crippen molar-refractivity contribution in [3.05, 3.63) is 35.4 Å². The highest BCUT2D eigenvalue weighted by Crippen LogP contribution is 2.24. The molecule has 0 aromatic heterocycles. The Kier molecular flexibility index (Phi) is 4.30. The zero-order valence-corrected chi connectivity index (χ0v) is 10.3. The molecule has 1 fully saturated rings. The van der Waals surface area contributed by atoms with E-state index < -0.39 is 0 Å². The molecule has 1 heterocycles. The average Bonchev–Trinajstić information content (AvgIpc) is 2.46. The van der Waals surface area contributed by atoms with E-state index in [1.165, 1.54) is 0 Å². The summed E-state index contributed by atoms with van der Waals surface area (Å²) in [4.78, 5) is 2.33. The smallest absolute Gasteiger partial charge is 0.0991 e. The molecule has 0 unspecified atom stereocenters. The van der Waals surface area contributed by atoms with Crippen LogP contribution in [0.2, 0.25) is 0 Å². The maximum absolute atomic E-state index is 8.98. The highest BCUT2D eigenvalue weighted by atomic mass is 15.2. The lowest BCUT2D eigenvalue weighted by Crippen LogP contribution is -2.45. The number of nitrogens with zero attached hydrogens (tertiary/aromatic N) is 3. The third-order valence-corrected chi connectivity index (χ3v) is 3.30. The van der Waals surface area contributed by atoms with Crippen LogP contribution in [0.3, 0.4) is 0 Å². The summed E-state index contributed by atoms with van der Waals surface area (Å²) in [6.45, 7) is 3.87. The van der Waals surface area contributed by atoms with Gasteiger partial charge < -0.3 is 5.32 Å². The predicted octanol–water partition coefficient (Wildman–Crippen LogP) is 1.42. The predicted molar refractivity (Wildman–Crippen MR) is 68.6 cm³/mol. The van der Waals surface area contributed by atoms with Gasteiger partial charge in [-0.1, -0.05) is 12.1 Å². The normalized spacial score (nSPS) is 17.7. The minimum absolute atomic E-state index is 0.143. The topological polar surface area (TPSA) is 62.9 Å². The Morgan fingerprint density at radius 3 is 2.39 bits per heavy atom. The Bertz CT molecular complexity index is 460. The lowest BCUT2D eigenvalue weighted by atomic mass is 10.0.